The molecule has 0 aliphatic carbocycles. The highest BCUT2D eigenvalue weighted by Crippen LogP contribution is 2.32. The number of carboxylic acid groups (broad SMARTS) is 5. The van der Waals surface area contributed by atoms with Crippen LogP contribution >= 0.6 is 0 Å². The summed E-state index contributed by atoms with van der Waals surface area (Å²) in [5, 5.41) is 99.9. The van der Waals surface area contributed by atoms with Gasteiger partial charge in [0, 0.05) is 38.9 Å². The molecule has 0 saturated heterocycles. The number of nitrogens with zero attached hydrogens (tertiary/aromatic N) is 12. The minimum atomic E-state index is -1.28. The number of carbonyl (C=O) groups excluding carboxylic acids is 1. The molecule has 0 saturated carbocycles. The largest absolute Gasteiger partial charge is 0.478 e. The molecule has 0 amide bonds. The van der Waals surface area contributed by atoms with E-state index in [2.05, 4.69) is 61.2 Å². The van der Waals surface area contributed by atoms with Crippen molar-refractivity contribution in [1.29, 1.82) is 0 Å². The van der Waals surface area contributed by atoms with Crippen LogP contribution in [0.15, 0.2) is 146 Å². The SMILES string of the molecule is CC(=O)c1cc(C(=O)O)cc(-c2ccc(-c3nnc(-c4cc(-c5nnc(-c6ccc(-c7cc(C(=O)O)cc(C(=O)O)c7)cc6)nn5)cc(-c5nnc(-c6ccc(-c7cc(C(=O)O)cc(C(=O)O)c7)cc6)nn5)c4)nn3)cc2)c1. The molecule has 7 aromatic carbocycles. The summed E-state index contributed by atoms with van der Waals surface area (Å²) < 4.78 is 0. The number of hydrogen-bond acceptors (Lipinski definition) is 18. The maximum absolute atomic E-state index is 12.2. The molecule has 0 aliphatic rings. The molecule has 23 nitrogen and oxygen atoms in total. The van der Waals surface area contributed by atoms with E-state index < -0.39 is 29.8 Å². The van der Waals surface area contributed by atoms with E-state index in [1.807, 2.05) is 0 Å². The van der Waals surface area contributed by atoms with Crippen LogP contribution in [0, 0.1) is 0 Å². The van der Waals surface area contributed by atoms with Crippen LogP contribution in [-0.4, -0.2) is 122 Å². The minimum Gasteiger partial charge on any atom is -0.478 e. The van der Waals surface area contributed by atoms with Crippen LogP contribution in [-0.2, 0) is 0 Å². The number of hydrogen-bond donors (Lipinski definition) is 5. The fraction of sp³-hybridized carbons (Fsp3) is 0.0182. The maximum Gasteiger partial charge on any atom is 0.335 e. The summed E-state index contributed by atoms with van der Waals surface area (Å²) >= 11 is 0. The molecule has 10 rings (SSSR count). The summed E-state index contributed by atoms with van der Waals surface area (Å²) in [4.78, 5) is 70.8. The summed E-state index contributed by atoms with van der Waals surface area (Å²) in [5.41, 5.74) is 4.98. The normalized spacial score (nSPS) is 10.9. The third-order valence-electron chi connectivity index (χ3n) is 12.0. The molecule has 0 bridgehead atoms. The molecule has 0 aliphatic heterocycles. The summed E-state index contributed by atoms with van der Waals surface area (Å²) in [6.45, 7) is 1.35. The molecular formula is C55H32N12O11. The number of carbonyl (C=O) groups is 6. The quantitative estimate of drug-likeness (QED) is 0.0605. The van der Waals surface area contributed by atoms with E-state index in [9.17, 15) is 54.3 Å². The molecule has 0 atom stereocenters. The van der Waals surface area contributed by atoms with Crippen molar-refractivity contribution in [2.24, 2.45) is 0 Å². The van der Waals surface area contributed by atoms with E-state index in [1.165, 1.54) is 43.3 Å². The van der Waals surface area contributed by atoms with Gasteiger partial charge >= 0.3 is 29.8 Å². The Hall–Kier alpha value is -11.6. The molecule has 0 radical (unpaired) electrons. The van der Waals surface area contributed by atoms with Gasteiger partial charge in [-0.1, -0.05) is 72.8 Å². The number of benzene rings is 7. The van der Waals surface area contributed by atoms with Crippen molar-refractivity contribution in [3.63, 3.8) is 0 Å². The van der Waals surface area contributed by atoms with Gasteiger partial charge in [-0.2, -0.15) is 0 Å². The Morgan fingerprint density at radius 3 is 0.615 bits per heavy atom. The summed E-state index contributed by atoms with van der Waals surface area (Å²) in [7, 11) is 0. The van der Waals surface area contributed by atoms with Crippen LogP contribution in [0.3, 0.4) is 0 Å². The molecule has 5 N–H and O–H groups in total. The van der Waals surface area contributed by atoms with Crippen molar-refractivity contribution >= 4 is 35.6 Å². The van der Waals surface area contributed by atoms with Crippen LogP contribution < -0.4 is 0 Å². The van der Waals surface area contributed by atoms with Gasteiger partial charge in [0.05, 0.1) is 27.8 Å². The van der Waals surface area contributed by atoms with Crippen molar-refractivity contribution in [2.45, 2.75) is 6.92 Å². The van der Waals surface area contributed by atoms with Gasteiger partial charge in [-0.15, -0.1) is 61.2 Å². The molecular weight excluding hydrogens is 1000 g/mol. The highest BCUT2D eigenvalue weighted by Gasteiger charge is 2.19. The Morgan fingerprint density at radius 1 is 0.231 bits per heavy atom. The van der Waals surface area contributed by atoms with Crippen LogP contribution in [0.5, 0.6) is 0 Å². The standard InChI is InChI=1S/C55H32N12O11/c1-26(68)33-14-34(16-40(15-33)51(69)70)27-2-8-30(9-3-27)45-56-62-48(63-57-45)37-21-38(49-64-58-46(59-65-49)31-10-4-28(5-11-31)35-17-41(52(71)72)24-42(18-35)53(73)74)23-39(22-37)50-66-60-47(61-67-50)32-12-6-29(7-13-32)36-19-43(54(75)76)25-44(20-36)55(77)78/h2-25H,1H3,(H,69,70)(H,71,72)(H,73,74)(H,75,76)(H,77,78). The number of Topliss-reactive ketones (excluding diaryl/α,β-unsaturated/α-hetero) is 1. The predicted molar refractivity (Wildman–Crippen MR) is 274 cm³/mol. The van der Waals surface area contributed by atoms with E-state index in [1.54, 1.807) is 97.1 Å². The van der Waals surface area contributed by atoms with Gasteiger partial charge in [0.2, 0.25) is 34.9 Å². The lowest BCUT2D eigenvalue weighted by Gasteiger charge is -2.09. The Morgan fingerprint density at radius 2 is 0.410 bits per heavy atom. The summed E-state index contributed by atoms with van der Waals surface area (Å²) in [6.07, 6.45) is 0. The van der Waals surface area contributed by atoms with Gasteiger partial charge in [-0.3, -0.25) is 4.79 Å². The smallest absolute Gasteiger partial charge is 0.335 e. The molecule has 0 unspecified atom stereocenters. The van der Waals surface area contributed by atoms with E-state index in [-0.39, 0.29) is 74.1 Å². The van der Waals surface area contributed by atoms with Crippen molar-refractivity contribution in [3.05, 3.63) is 179 Å². The third-order valence-corrected chi connectivity index (χ3v) is 12.0. The number of rotatable bonds is 15. The van der Waals surface area contributed by atoms with Crippen LogP contribution in [0.25, 0.3) is 102 Å². The Bertz CT molecular complexity index is 3540. The van der Waals surface area contributed by atoms with E-state index >= 15 is 0 Å². The second-order valence-corrected chi connectivity index (χ2v) is 17.2. The first-order chi connectivity index (χ1) is 37.5. The van der Waals surface area contributed by atoms with Crippen LogP contribution in [0.1, 0.15) is 69.1 Å². The monoisotopic (exact) mass is 1040 g/mol. The van der Waals surface area contributed by atoms with Gasteiger partial charge in [-0.05, 0) is 113 Å². The zero-order chi connectivity index (χ0) is 54.8. The third kappa shape index (κ3) is 10.6. The average molecular weight is 1040 g/mol. The van der Waals surface area contributed by atoms with Gasteiger partial charge < -0.3 is 25.5 Å². The fourth-order valence-electron chi connectivity index (χ4n) is 8.03. The predicted octanol–water partition coefficient (Wildman–Crippen LogP) is 8.12. The van der Waals surface area contributed by atoms with Crippen LogP contribution in [0.2, 0.25) is 0 Å². The summed E-state index contributed by atoms with van der Waals surface area (Å²) in [5.74, 6) is -6.01. The second kappa shape index (κ2) is 20.7. The highest BCUT2D eigenvalue weighted by atomic mass is 16.4. The average Bonchev–Trinajstić information content (AvgIpc) is 3.47. The lowest BCUT2D eigenvalue weighted by Crippen LogP contribution is -2.03. The first-order valence-corrected chi connectivity index (χ1v) is 22.9. The second-order valence-electron chi connectivity index (χ2n) is 17.2. The molecule has 378 valence electrons. The first-order valence-electron chi connectivity index (χ1n) is 22.9. The zero-order valence-corrected chi connectivity index (χ0v) is 39.9. The van der Waals surface area contributed by atoms with E-state index in [0.29, 0.717) is 66.8 Å². The molecule has 78 heavy (non-hydrogen) atoms. The van der Waals surface area contributed by atoms with Crippen LogP contribution in [0.4, 0.5) is 0 Å². The molecule has 3 aromatic heterocycles. The van der Waals surface area contributed by atoms with E-state index in [0.717, 1.165) is 12.1 Å². The van der Waals surface area contributed by atoms with Gasteiger partial charge in [0.25, 0.3) is 0 Å². The number of ketones is 1. The Kier molecular flexibility index (Phi) is 13.3. The van der Waals surface area contributed by atoms with Crippen molar-refractivity contribution in [1.82, 2.24) is 61.2 Å². The minimum absolute atomic E-state index is 0.0338. The maximum atomic E-state index is 12.2. The van der Waals surface area contributed by atoms with Gasteiger partial charge in [0.1, 0.15) is 0 Å². The first kappa shape index (κ1) is 49.9. The lowest BCUT2D eigenvalue weighted by molar-refractivity contribution is 0.0676. The molecule has 10 aromatic rings. The molecule has 3 heterocycles. The van der Waals surface area contributed by atoms with E-state index in [4.69, 9.17) is 0 Å². The number of aromatic nitrogens is 12. The highest BCUT2D eigenvalue weighted by molar-refractivity contribution is 6.00. The topological polar surface area (TPSA) is 358 Å². The molecule has 0 fully saturated rings. The van der Waals surface area contributed by atoms with Crippen molar-refractivity contribution in [2.75, 3.05) is 0 Å². The lowest BCUT2D eigenvalue weighted by atomic mass is 9.97. The fourth-order valence-corrected chi connectivity index (χ4v) is 8.03. The zero-order valence-electron chi connectivity index (χ0n) is 39.9. The molecule has 23 heteroatoms. The molecule has 0 spiro atoms. The Balaban J connectivity index is 0.957. The number of aromatic carboxylic acids is 5. The van der Waals surface area contributed by atoms with Gasteiger partial charge in [-0.25, -0.2) is 24.0 Å². The van der Waals surface area contributed by atoms with Crippen molar-refractivity contribution in [3.8, 4) is 102 Å². The van der Waals surface area contributed by atoms with Crippen molar-refractivity contribution < 1.29 is 54.3 Å². The summed E-state index contributed by atoms with van der Waals surface area (Å²) in [6, 6.07) is 37.0. The Labute approximate surface area is 437 Å². The number of carboxylic acids is 5. The van der Waals surface area contributed by atoms with Gasteiger partial charge in [0.15, 0.2) is 5.78 Å².